The minimum absolute atomic E-state index is 0.0563. The summed E-state index contributed by atoms with van der Waals surface area (Å²) in [6.45, 7) is 4.86. The van der Waals surface area contributed by atoms with Crippen LogP contribution in [0.2, 0.25) is 5.02 Å². The molecule has 0 fully saturated rings. The number of amides is 3. The third kappa shape index (κ3) is 5.67. The van der Waals surface area contributed by atoms with Crippen molar-refractivity contribution in [3.05, 3.63) is 64.3 Å². The number of carbonyl (C=O) groups is 4. The van der Waals surface area contributed by atoms with E-state index >= 15 is 0 Å². The Morgan fingerprint density at radius 2 is 1.89 bits per heavy atom. The molecule has 5 N–H and O–H groups in total. The fraction of sp³-hybridized carbons (Fsp3) is 0.357. The van der Waals surface area contributed by atoms with Crippen LogP contribution in [0.3, 0.4) is 0 Å². The molecule has 0 bridgehead atoms. The highest BCUT2D eigenvalue weighted by Crippen LogP contribution is 2.35. The molecule has 0 aliphatic heterocycles. The van der Waals surface area contributed by atoms with E-state index in [0.717, 1.165) is 22.2 Å². The van der Waals surface area contributed by atoms with Gasteiger partial charge in [0, 0.05) is 29.9 Å². The Bertz CT molecular complexity index is 1420. The van der Waals surface area contributed by atoms with Gasteiger partial charge in [0.1, 0.15) is 17.3 Å². The summed E-state index contributed by atoms with van der Waals surface area (Å²) in [7, 11) is 0. The number of H-pyrrole nitrogens is 1. The van der Waals surface area contributed by atoms with E-state index in [0.29, 0.717) is 18.4 Å². The number of nitrogens with one attached hydrogen (secondary N) is 3. The number of ether oxygens (including phenoxy) is 1. The number of halogens is 1. The van der Waals surface area contributed by atoms with E-state index in [1.54, 1.807) is 26.0 Å². The minimum Gasteiger partial charge on any atom is -0.425 e. The molecule has 10 heteroatoms. The van der Waals surface area contributed by atoms with Crippen LogP contribution < -0.4 is 21.1 Å². The first-order valence-corrected chi connectivity index (χ1v) is 12.8. The lowest BCUT2D eigenvalue weighted by atomic mass is 9.78. The zero-order valence-electron chi connectivity index (χ0n) is 21.5. The third-order valence-electron chi connectivity index (χ3n) is 6.87. The first-order chi connectivity index (χ1) is 18.0. The highest BCUT2D eigenvalue weighted by atomic mass is 35.5. The molecule has 0 saturated heterocycles. The number of hydrogen-bond donors (Lipinski definition) is 4. The van der Waals surface area contributed by atoms with Gasteiger partial charge in [-0.15, -0.1) is 0 Å². The second kappa shape index (κ2) is 10.9. The molecule has 3 amide bonds. The Morgan fingerprint density at radius 1 is 1.16 bits per heavy atom. The fourth-order valence-electron chi connectivity index (χ4n) is 4.99. The summed E-state index contributed by atoms with van der Waals surface area (Å²) in [6, 6.07) is 11.6. The lowest BCUT2D eigenvalue weighted by Gasteiger charge is -2.38. The normalized spacial score (nSPS) is 17.5. The molecule has 9 nitrogen and oxygen atoms in total. The first kappa shape index (κ1) is 27.2. The lowest BCUT2D eigenvalue weighted by molar-refractivity contribution is -0.136. The number of para-hydroxylation sites is 1. The molecular formula is C28H31ClN4O5. The number of nitrogens with two attached hydrogens (primary N) is 1. The summed E-state index contributed by atoms with van der Waals surface area (Å²) in [4.78, 5) is 53.8. The third-order valence-corrected chi connectivity index (χ3v) is 7.17. The van der Waals surface area contributed by atoms with Crippen LogP contribution in [0.5, 0.6) is 5.75 Å². The van der Waals surface area contributed by atoms with E-state index < -0.39 is 29.4 Å². The van der Waals surface area contributed by atoms with Gasteiger partial charge in [0.15, 0.2) is 0 Å². The number of primary amides is 1. The number of aryl methyl sites for hydroxylation is 1. The number of benzene rings is 2. The molecule has 0 unspecified atom stereocenters. The number of esters is 1. The smallest absolute Gasteiger partial charge is 0.308 e. The fourth-order valence-corrected chi connectivity index (χ4v) is 5.23. The Kier molecular flexibility index (Phi) is 7.78. The molecule has 3 aromatic rings. The number of carbonyl (C=O) groups excluding carboxylic acids is 4. The maximum atomic E-state index is 13.8. The van der Waals surface area contributed by atoms with Gasteiger partial charge in [-0.3, -0.25) is 19.2 Å². The molecular weight excluding hydrogens is 508 g/mol. The second-order valence-corrected chi connectivity index (χ2v) is 10.5. The summed E-state index contributed by atoms with van der Waals surface area (Å²) >= 11 is 6.22. The molecule has 2 atom stereocenters. The van der Waals surface area contributed by atoms with Crippen LogP contribution in [-0.4, -0.2) is 40.3 Å². The molecule has 1 aromatic heterocycles. The number of hydrogen-bond acceptors (Lipinski definition) is 5. The topological polar surface area (TPSA) is 143 Å². The van der Waals surface area contributed by atoms with Crippen molar-refractivity contribution >= 4 is 46.2 Å². The maximum absolute atomic E-state index is 13.8. The largest absolute Gasteiger partial charge is 0.425 e. The molecule has 1 aliphatic rings. The van der Waals surface area contributed by atoms with Crippen LogP contribution in [0.4, 0.5) is 0 Å². The van der Waals surface area contributed by atoms with Crippen molar-refractivity contribution in [2.75, 3.05) is 0 Å². The summed E-state index contributed by atoms with van der Waals surface area (Å²) in [5, 5.41) is 6.95. The van der Waals surface area contributed by atoms with Crippen molar-refractivity contribution in [1.29, 1.82) is 0 Å². The standard InChI is InChI=1S/C28H31ClN4O5/c1-15(2)25(26(30)36)32-27(37)28(11-10-22-19(14-28)18-6-4-5-7-21(18)31-22)33-24(35)13-17-8-9-23(20(29)12-17)38-16(3)34/h4-9,12,15,25,31H,10-11,13-14H2,1-3H3,(H2,30,36)(H,32,37)(H,33,35)/t25-,28+/m0/s1. The lowest BCUT2D eigenvalue weighted by Crippen LogP contribution is -2.64. The number of fused-ring (bicyclic) bond motifs is 3. The van der Waals surface area contributed by atoms with E-state index in [1.165, 1.54) is 13.0 Å². The predicted molar refractivity (Wildman–Crippen MR) is 144 cm³/mol. The number of aromatic nitrogens is 1. The Morgan fingerprint density at radius 3 is 2.55 bits per heavy atom. The van der Waals surface area contributed by atoms with Gasteiger partial charge >= 0.3 is 5.97 Å². The molecule has 0 saturated carbocycles. The average molecular weight is 539 g/mol. The Hall–Kier alpha value is -3.85. The van der Waals surface area contributed by atoms with E-state index in [-0.39, 0.29) is 35.4 Å². The molecule has 1 aliphatic carbocycles. The van der Waals surface area contributed by atoms with E-state index in [9.17, 15) is 19.2 Å². The minimum atomic E-state index is -1.29. The van der Waals surface area contributed by atoms with Gasteiger partial charge in [-0.25, -0.2) is 0 Å². The average Bonchev–Trinajstić information content (AvgIpc) is 3.21. The Labute approximate surface area is 225 Å². The molecule has 0 spiro atoms. The Balaban J connectivity index is 1.63. The van der Waals surface area contributed by atoms with E-state index in [2.05, 4.69) is 15.6 Å². The molecule has 0 radical (unpaired) electrons. The quantitative estimate of drug-likeness (QED) is 0.257. The molecule has 200 valence electrons. The van der Waals surface area contributed by atoms with Crippen molar-refractivity contribution in [2.45, 2.75) is 58.0 Å². The molecule has 4 rings (SSSR count). The number of rotatable bonds is 8. The first-order valence-electron chi connectivity index (χ1n) is 12.5. The van der Waals surface area contributed by atoms with Crippen molar-refractivity contribution in [3.63, 3.8) is 0 Å². The van der Waals surface area contributed by atoms with Gasteiger partial charge in [0.25, 0.3) is 0 Å². The van der Waals surface area contributed by atoms with Gasteiger partial charge in [-0.2, -0.15) is 0 Å². The predicted octanol–water partition coefficient (Wildman–Crippen LogP) is 2.96. The molecule has 2 aromatic carbocycles. The van der Waals surface area contributed by atoms with Crippen LogP contribution in [-0.2, 0) is 38.4 Å². The van der Waals surface area contributed by atoms with Gasteiger partial charge in [-0.05, 0) is 48.1 Å². The zero-order chi connectivity index (χ0) is 27.6. The van der Waals surface area contributed by atoms with Crippen LogP contribution in [0.1, 0.15) is 44.0 Å². The maximum Gasteiger partial charge on any atom is 0.308 e. The highest BCUT2D eigenvalue weighted by Gasteiger charge is 2.45. The SMILES string of the molecule is CC(=O)Oc1ccc(CC(=O)N[C@]2(C(=O)N[C@H](C(N)=O)C(C)C)CCc3[nH]c4ccccc4c3C2)cc1Cl. The highest BCUT2D eigenvalue weighted by molar-refractivity contribution is 6.32. The van der Waals surface area contributed by atoms with E-state index in [4.69, 9.17) is 22.1 Å². The summed E-state index contributed by atoms with van der Waals surface area (Å²) in [6.07, 6.45) is 1.06. The molecule has 1 heterocycles. The van der Waals surface area contributed by atoms with E-state index in [1.807, 2.05) is 24.3 Å². The van der Waals surface area contributed by atoms with Crippen molar-refractivity contribution < 1.29 is 23.9 Å². The summed E-state index contributed by atoms with van der Waals surface area (Å²) in [5.74, 6) is -2.02. The van der Waals surface area contributed by atoms with Crippen LogP contribution in [0, 0.1) is 5.92 Å². The van der Waals surface area contributed by atoms with Crippen LogP contribution >= 0.6 is 11.6 Å². The second-order valence-electron chi connectivity index (χ2n) is 10.1. The van der Waals surface area contributed by atoms with Crippen molar-refractivity contribution in [2.24, 2.45) is 11.7 Å². The van der Waals surface area contributed by atoms with Crippen LogP contribution in [0.25, 0.3) is 10.9 Å². The van der Waals surface area contributed by atoms with Crippen LogP contribution in [0.15, 0.2) is 42.5 Å². The summed E-state index contributed by atoms with van der Waals surface area (Å²) < 4.78 is 5.05. The van der Waals surface area contributed by atoms with Gasteiger partial charge < -0.3 is 26.1 Å². The van der Waals surface area contributed by atoms with Gasteiger partial charge in [0.05, 0.1) is 11.4 Å². The molecule has 38 heavy (non-hydrogen) atoms. The van der Waals surface area contributed by atoms with Crippen molar-refractivity contribution in [1.82, 2.24) is 15.6 Å². The van der Waals surface area contributed by atoms with Crippen molar-refractivity contribution in [3.8, 4) is 5.75 Å². The summed E-state index contributed by atoms with van der Waals surface area (Å²) in [5.41, 5.74) is 7.79. The monoisotopic (exact) mass is 538 g/mol. The zero-order valence-corrected chi connectivity index (χ0v) is 22.3. The van der Waals surface area contributed by atoms with Gasteiger partial charge in [-0.1, -0.05) is 49.7 Å². The van der Waals surface area contributed by atoms with Gasteiger partial charge in [0.2, 0.25) is 17.7 Å². The number of aromatic amines is 1.